The maximum atomic E-state index is 5.98. The number of nitrogens with one attached hydrogen (secondary N) is 1. The fraction of sp³-hybridized carbons (Fsp3) is 0.471. The van der Waals surface area contributed by atoms with Crippen molar-refractivity contribution in [2.45, 2.75) is 39.0 Å². The number of nitrogens with zero attached hydrogens (tertiary/aromatic N) is 4. The second-order valence-corrected chi connectivity index (χ2v) is 6.25. The smallest absolute Gasteiger partial charge is 0.283 e. The minimum Gasteiger partial charge on any atom is -0.459 e. The highest BCUT2D eigenvalue weighted by atomic mass is 16.5. The maximum Gasteiger partial charge on any atom is 0.283 e. The Bertz CT molecular complexity index is 852. The summed E-state index contributed by atoms with van der Waals surface area (Å²) in [7, 11) is 1.96. The molecule has 0 radical (unpaired) electrons. The lowest BCUT2D eigenvalue weighted by atomic mass is 10.0. The molecule has 1 fully saturated rings. The average molecular weight is 343 g/mol. The van der Waals surface area contributed by atoms with Gasteiger partial charge in [0.1, 0.15) is 6.10 Å². The van der Waals surface area contributed by atoms with Crippen molar-refractivity contribution in [2.24, 2.45) is 7.05 Å². The van der Waals surface area contributed by atoms with E-state index in [0.717, 1.165) is 24.4 Å². The van der Waals surface area contributed by atoms with Gasteiger partial charge in [0.15, 0.2) is 5.76 Å². The molecule has 8 heteroatoms. The van der Waals surface area contributed by atoms with Gasteiger partial charge in [0.2, 0.25) is 5.89 Å². The van der Waals surface area contributed by atoms with Crippen LogP contribution in [-0.4, -0.2) is 32.6 Å². The number of rotatable bonds is 5. The summed E-state index contributed by atoms with van der Waals surface area (Å²) in [6.45, 7) is 5.30. The molecular formula is C17H21N5O3. The van der Waals surface area contributed by atoms with Crippen LogP contribution in [0.25, 0.3) is 11.7 Å². The number of hydrogen-bond donors (Lipinski definition) is 1. The van der Waals surface area contributed by atoms with Gasteiger partial charge in [-0.3, -0.25) is 4.68 Å². The monoisotopic (exact) mass is 343 g/mol. The molecular weight excluding hydrogens is 322 g/mol. The van der Waals surface area contributed by atoms with Crippen LogP contribution in [0.1, 0.15) is 35.4 Å². The van der Waals surface area contributed by atoms with Crippen molar-refractivity contribution < 1.29 is 13.6 Å². The van der Waals surface area contributed by atoms with E-state index in [4.69, 9.17) is 13.6 Å². The molecule has 0 aromatic carbocycles. The summed E-state index contributed by atoms with van der Waals surface area (Å²) in [6, 6.07) is 3.76. The predicted molar refractivity (Wildman–Crippen MR) is 88.6 cm³/mol. The van der Waals surface area contributed by atoms with Crippen molar-refractivity contribution in [1.82, 2.24) is 25.3 Å². The number of furan rings is 1. The zero-order chi connectivity index (χ0) is 17.4. The van der Waals surface area contributed by atoms with E-state index < -0.39 is 0 Å². The molecule has 8 nitrogen and oxygen atoms in total. The highest BCUT2D eigenvalue weighted by molar-refractivity contribution is 5.42. The average Bonchev–Trinajstić information content (AvgIpc) is 3.35. The van der Waals surface area contributed by atoms with Crippen LogP contribution in [0.2, 0.25) is 0 Å². The summed E-state index contributed by atoms with van der Waals surface area (Å²) in [5, 5.41) is 16.1. The van der Waals surface area contributed by atoms with Gasteiger partial charge in [-0.25, -0.2) is 0 Å². The highest BCUT2D eigenvalue weighted by Gasteiger charge is 2.33. The first-order valence-electron chi connectivity index (χ1n) is 8.35. The van der Waals surface area contributed by atoms with Crippen molar-refractivity contribution in [3.63, 3.8) is 0 Å². The largest absolute Gasteiger partial charge is 0.459 e. The van der Waals surface area contributed by atoms with Crippen LogP contribution < -0.4 is 5.32 Å². The predicted octanol–water partition coefficient (Wildman–Crippen LogP) is 2.30. The molecule has 4 rings (SSSR count). The van der Waals surface area contributed by atoms with E-state index in [9.17, 15) is 0 Å². The van der Waals surface area contributed by atoms with Gasteiger partial charge in [-0.2, -0.15) is 5.10 Å². The molecule has 25 heavy (non-hydrogen) atoms. The molecule has 0 spiro atoms. The number of hydrogen-bond acceptors (Lipinski definition) is 7. The fourth-order valence-corrected chi connectivity index (χ4v) is 3.33. The minimum atomic E-state index is -0.0128. The molecule has 0 amide bonds. The lowest BCUT2D eigenvalue weighted by Gasteiger charge is -2.20. The Labute approximate surface area is 145 Å². The first-order chi connectivity index (χ1) is 12.1. The van der Waals surface area contributed by atoms with E-state index in [2.05, 4.69) is 27.5 Å². The van der Waals surface area contributed by atoms with Gasteiger partial charge in [0.25, 0.3) is 5.89 Å². The summed E-state index contributed by atoms with van der Waals surface area (Å²) in [5.41, 5.74) is 3.31. The van der Waals surface area contributed by atoms with E-state index in [-0.39, 0.29) is 12.1 Å². The van der Waals surface area contributed by atoms with Crippen molar-refractivity contribution in [3.8, 4) is 11.7 Å². The van der Waals surface area contributed by atoms with Crippen LogP contribution in [0.15, 0.2) is 27.2 Å². The van der Waals surface area contributed by atoms with Gasteiger partial charge in [-0.1, -0.05) is 0 Å². The lowest BCUT2D eigenvalue weighted by molar-refractivity contribution is 0.0969. The SMILES string of the molecule is Cc1nn(C)c(C)c1[C@H]1OCC[C@@H]1NCc1nnc(-c2ccco2)o1. The van der Waals surface area contributed by atoms with Gasteiger partial charge < -0.3 is 18.9 Å². The van der Waals surface area contributed by atoms with Gasteiger partial charge >= 0.3 is 0 Å². The Morgan fingerprint density at radius 2 is 2.20 bits per heavy atom. The van der Waals surface area contributed by atoms with Crippen molar-refractivity contribution >= 4 is 0 Å². The van der Waals surface area contributed by atoms with E-state index in [1.807, 2.05) is 18.7 Å². The zero-order valence-corrected chi connectivity index (χ0v) is 14.5. The van der Waals surface area contributed by atoms with Gasteiger partial charge in [0, 0.05) is 31.0 Å². The third-order valence-electron chi connectivity index (χ3n) is 4.66. The van der Waals surface area contributed by atoms with Gasteiger partial charge in [-0.05, 0) is 32.4 Å². The Hall–Kier alpha value is -2.45. The number of ether oxygens (including phenoxy) is 1. The molecule has 1 aliphatic rings. The molecule has 1 N–H and O–H groups in total. The summed E-state index contributed by atoms with van der Waals surface area (Å²) in [5.74, 6) is 1.49. The maximum absolute atomic E-state index is 5.98. The molecule has 3 aromatic rings. The van der Waals surface area contributed by atoms with Crippen LogP contribution in [0.5, 0.6) is 0 Å². The van der Waals surface area contributed by atoms with E-state index in [1.165, 1.54) is 5.56 Å². The van der Waals surface area contributed by atoms with Crippen LogP contribution in [0.3, 0.4) is 0 Å². The van der Waals surface area contributed by atoms with E-state index >= 15 is 0 Å². The van der Waals surface area contributed by atoms with Crippen molar-refractivity contribution in [2.75, 3.05) is 6.61 Å². The number of aryl methyl sites for hydroxylation is 2. The Kier molecular flexibility index (Phi) is 4.14. The lowest BCUT2D eigenvalue weighted by Crippen LogP contribution is -2.31. The van der Waals surface area contributed by atoms with Crippen molar-refractivity contribution in [3.05, 3.63) is 41.2 Å². The second-order valence-electron chi connectivity index (χ2n) is 6.25. The topological polar surface area (TPSA) is 91.1 Å². The first-order valence-corrected chi connectivity index (χ1v) is 8.35. The first kappa shape index (κ1) is 16.0. The van der Waals surface area contributed by atoms with Crippen LogP contribution in [0, 0.1) is 13.8 Å². The molecule has 1 saturated heterocycles. The fourth-order valence-electron chi connectivity index (χ4n) is 3.33. The van der Waals surface area contributed by atoms with E-state index in [0.29, 0.717) is 24.1 Å². The van der Waals surface area contributed by atoms with Crippen LogP contribution in [-0.2, 0) is 18.3 Å². The molecule has 0 bridgehead atoms. The summed E-state index contributed by atoms with van der Waals surface area (Å²) in [4.78, 5) is 0. The van der Waals surface area contributed by atoms with Crippen LogP contribution in [0.4, 0.5) is 0 Å². The van der Waals surface area contributed by atoms with Gasteiger partial charge in [0.05, 0.1) is 18.5 Å². The standard InChI is InChI=1S/C17H21N5O3/c1-10-15(11(2)22(3)21-10)16-12(6-8-24-16)18-9-14-19-20-17(25-14)13-5-4-7-23-13/h4-5,7,12,16,18H,6,8-9H2,1-3H3/t12-,16-/m0/s1. The molecule has 3 aromatic heterocycles. The highest BCUT2D eigenvalue weighted by Crippen LogP contribution is 2.33. The normalized spacial score (nSPS) is 20.4. The molecule has 1 aliphatic heterocycles. The Balaban J connectivity index is 1.45. The molecule has 4 heterocycles. The second kappa shape index (κ2) is 6.45. The zero-order valence-electron chi connectivity index (χ0n) is 14.5. The molecule has 0 aliphatic carbocycles. The number of aromatic nitrogens is 4. The van der Waals surface area contributed by atoms with Gasteiger partial charge in [-0.15, -0.1) is 10.2 Å². The molecule has 0 saturated carbocycles. The third-order valence-corrected chi connectivity index (χ3v) is 4.66. The van der Waals surface area contributed by atoms with E-state index in [1.54, 1.807) is 18.4 Å². The molecule has 2 atom stereocenters. The Morgan fingerprint density at radius 1 is 1.32 bits per heavy atom. The summed E-state index contributed by atoms with van der Waals surface area (Å²) in [6.07, 6.45) is 2.50. The molecule has 132 valence electrons. The summed E-state index contributed by atoms with van der Waals surface area (Å²) < 4.78 is 18.8. The van der Waals surface area contributed by atoms with Crippen molar-refractivity contribution in [1.29, 1.82) is 0 Å². The molecule has 0 unspecified atom stereocenters. The Morgan fingerprint density at radius 3 is 2.92 bits per heavy atom. The minimum absolute atomic E-state index is 0.0128. The van der Waals surface area contributed by atoms with Crippen LogP contribution >= 0.6 is 0 Å². The quantitative estimate of drug-likeness (QED) is 0.760. The third kappa shape index (κ3) is 2.98. The summed E-state index contributed by atoms with van der Waals surface area (Å²) >= 11 is 0.